The standard InChI is InChI=1S/C60H80BrClN8O19S/c1-35-13-11-15-46(82-10)60(80)30-45(87-56(77)66-60)36(2)53-59(4,89-53)47(29-51(74)70(8)43-27-39(25-35)28-44(81-9)52(43)62)88-54(75)37(3)69(7)50(73)19-24-90-58(79)68(6)22-21-67(5)57(78)85-32-38-16-17-41(42(26-38)64-48(71)18-20-63-49(72)31-61)65-55(76)86-40-14-12-23-83-34-84-33-40/h11-17,26-28,36-37,40,45-47,53,80H,18-25,29-34H2,1-10H3,(H,63,72)(H,64,71)(H,65,76)(H,66,77)/t36-,37+,40?,45+,46-,47+,53+,59+,60+/m1/s1. The predicted molar refractivity (Wildman–Crippen MR) is 335 cm³/mol. The Bertz CT molecular complexity index is 3050. The second-order valence-corrected chi connectivity index (χ2v) is 24.2. The van der Waals surface area contributed by atoms with Gasteiger partial charge in [0.15, 0.2) is 5.72 Å². The molecule has 1 unspecified atom stereocenters. The van der Waals surface area contributed by atoms with E-state index in [1.54, 1.807) is 56.4 Å². The molecule has 0 radical (unpaired) electrons. The van der Waals surface area contributed by atoms with Gasteiger partial charge in [-0.25, -0.2) is 19.2 Å². The van der Waals surface area contributed by atoms with E-state index in [9.17, 15) is 48.3 Å². The quantitative estimate of drug-likeness (QED) is 0.0320. The number of methoxy groups -OCH3 is 2. The van der Waals surface area contributed by atoms with E-state index < -0.39 is 107 Å². The number of amides is 8. The largest absolute Gasteiger partial charge is 0.495 e. The lowest BCUT2D eigenvalue weighted by Crippen LogP contribution is -2.63. The van der Waals surface area contributed by atoms with Gasteiger partial charge in [0.25, 0.3) is 5.24 Å². The second-order valence-electron chi connectivity index (χ2n) is 22.2. The molecule has 4 aliphatic heterocycles. The number of carbonyl (C=O) groups is 9. The molecule has 0 aliphatic carbocycles. The fourth-order valence-electron chi connectivity index (χ4n) is 9.89. The van der Waals surface area contributed by atoms with Gasteiger partial charge in [-0.05, 0) is 68.7 Å². The first-order valence-electron chi connectivity index (χ1n) is 28.9. The summed E-state index contributed by atoms with van der Waals surface area (Å²) in [4.78, 5) is 124. The smallest absolute Gasteiger partial charge is 0.412 e. The summed E-state index contributed by atoms with van der Waals surface area (Å²) < 4.78 is 51.0. The molecule has 4 bridgehead atoms. The Morgan fingerprint density at radius 1 is 0.978 bits per heavy atom. The van der Waals surface area contributed by atoms with Crippen LogP contribution in [-0.4, -0.2) is 214 Å². The fraction of sp³-hybridized carbons (Fsp3) is 0.550. The summed E-state index contributed by atoms with van der Waals surface area (Å²) in [5, 5.41) is 22.1. The third kappa shape index (κ3) is 20.0. The van der Waals surface area contributed by atoms with E-state index in [1.165, 1.54) is 81.1 Å². The molecule has 0 aromatic heterocycles. The maximum absolute atomic E-state index is 14.4. The Hall–Kier alpha value is -6.99. The molecule has 90 heavy (non-hydrogen) atoms. The van der Waals surface area contributed by atoms with Crippen LogP contribution in [0.15, 0.2) is 66.3 Å². The number of halogens is 2. The van der Waals surface area contributed by atoms with Crippen molar-refractivity contribution >= 4 is 109 Å². The first-order chi connectivity index (χ1) is 42.7. The van der Waals surface area contributed by atoms with Crippen molar-refractivity contribution in [3.8, 4) is 5.75 Å². The third-order valence-corrected chi connectivity index (χ3v) is 17.3. The van der Waals surface area contributed by atoms with Crippen LogP contribution in [0.2, 0.25) is 5.02 Å². The number of esters is 1. The Kier molecular flexibility index (Phi) is 26.7. The van der Waals surface area contributed by atoms with Crippen molar-refractivity contribution in [1.29, 1.82) is 0 Å². The van der Waals surface area contributed by atoms with Crippen molar-refractivity contribution in [1.82, 2.24) is 25.3 Å². The number of rotatable bonds is 20. The molecule has 494 valence electrons. The number of carbonyl (C=O) groups excluding carboxylic acids is 9. The number of epoxide rings is 1. The number of ether oxygens (including phenoxy) is 9. The van der Waals surface area contributed by atoms with Crippen molar-refractivity contribution in [2.24, 2.45) is 5.92 Å². The first-order valence-corrected chi connectivity index (χ1v) is 31.3. The molecule has 2 saturated heterocycles. The number of nitrogens with zero attached hydrogens (tertiary/aromatic N) is 4. The van der Waals surface area contributed by atoms with Crippen LogP contribution in [0.25, 0.3) is 0 Å². The molecule has 6 rings (SSSR count). The number of aliphatic hydroxyl groups is 1. The van der Waals surface area contributed by atoms with Crippen molar-refractivity contribution in [2.75, 3.05) is 109 Å². The SMILES string of the molecule is COc1cc2cc(c1Cl)N(C)C(=O)C[C@H](OC(=O)[C@H](C)N(C)C(=O)CCSC(=O)N(C)CCN(C)C(=O)OCc1ccc(NC(=O)OC3C=CCOCOC3)c(NC(=O)CCNC(=O)CBr)c1)[C@]1(C)O[C@H]1[C@H](C)[C@@H]1C[C@@](O)(NC(=O)O1)[C@H](OC)C=CC=C(C)C2. The van der Waals surface area contributed by atoms with E-state index in [1.807, 2.05) is 13.0 Å². The van der Waals surface area contributed by atoms with E-state index in [-0.39, 0.29) is 98.9 Å². The van der Waals surface area contributed by atoms with Crippen LogP contribution in [0.5, 0.6) is 5.75 Å². The summed E-state index contributed by atoms with van der Waals surface area (Å²) in [6.07, 6.45) is 0.909. The molecule has 30 heteroatoms. The number of hydrogen-bond donors (Lipinski definition) is 5. The van der Waals surface area contributed by atoms with Gasteiger partial charge < -0.3 is 78.0 Å². The van der Waals surface area contributed by atoms with E-state index in [0.717, 1.165) is 22.9 Å². The highest BCUT2D eigenvalue weighted by Gasteiger charge is 2.64. The Morgan fingerprint density at radius 2 is 1.72 bits per heavy atom. The zero-order valence-electron chi connectivity index (χ0n) is 52.0. The molecule has 8 amide bonds. The van der Waals surface area contributed by atoms with Crippen LogP contribution < -0.4 is 30.9 Å². The summed E-state index contributed by atoms with van der Waals surface area (Å²) in [6, 6.07) is 6.88. The first kappa shape index (κ1) is 72.1. The van der Waals surface area contributed by atoms with Gasteiger partial charge in [-0.2, -0.15) is 0 Å². The third-order valence-electron chi connectivity index (χ3n) is 15.5. The minimum absolute atomic E-state index is 0.0252. The normalized spacial score (nSPS) is 23.7. The van der Waals surface area contributed by atoms with E-state index in [0.29, 0.717) is 23.4 Å². The second kappa shape index (κ2) is 33.4. The highest BCUT2D eigenvalue weighted by Crippen LogP contribution is 2.49. The summed E-state index contributed by atoms with van der Waals surface area (Å²) in [6.45, 7) is 7.04. The molecule has 2 aromatic carbocycles. The maximum Gasteiger partial charge on any atom is 0.412 e. The molecule has 27 nitrogen and oxygen atoms in total. The van der Waals surface area contributed by atoms with Crippen LogP contribution in [0.1, 0.15) is 64.5 Å². The molecule has 2 aromatic rings. The molecular formula is C60H80BrClN8O19S. The lowest BCUT2D eigenvalue weighted by molar-refractivity contribution is -0.162. The van der Waals surface area contributed by atoms with E-state index in [2.05, 4.69) is 37.2 Å². The van der Waals surface area contributed by atoms with Crippen LogP contribution in [0.4, 0.5) is 36.2 Å². The molecular weight excluding hydrogens is 1280 g/mol. The summed E-state index contributed by atoms with van der Waals surface area (Å²) in [7, 11) is 8.80. The molecule has 2 fully saturated rings. The van der Waals surface area contributed by atoms with Crippen LogP contribution in [-0.2, 0) is 74.9 Å². The van der Waals surface area contributed by atoms with Gasteiger partial charge in [0.1, 0.15) is 60.2 Å². The summed E-state index contributed by atoms with van der Waals surface area (Å²) >= 11 is 10.7. The molecule has 9 atom stereocenters. The molecule has 4 aliphatic rings. The van der Waals surface area contributed by atoms with Gasteiger partial charge in [0.05, 0.1) is 55.2 Å². The van der Waals surface area contributed by atoms with Gasteiger partial charge in [-0.1, -0.05) is 82.2 Å². The van der Waals surface area contributed by atoms with Crippen LogP contribution in [0, 0.1) is 5.92 Å². The average Bonchev–Trinajstić information content (AvgIpc) is 1.57. The van der Waals surface area contributed by atoms with Crippen LogP contribution >= 0.6 is 39.3 Å². The number of benzene rings is 2. The predicted octanol–water partition coefficient (Wildman–Crippen LogP) is 6.28. The lowest BCUT2D eigenvalue weighted by atomic mass is 9.83. The van der Waals surface area contributed by atoms with E-state index in [4.69, 9.17) is 54.2 Å². The van der Waals surface area contributed by atoms with Crippen molar-refractivity contribution < 1.29 is 90.9 Å². The number of alkyl carbamates (subject to hydrolysis) is 1. The van der Waals surface area contributed by atoms with Crippen molar-refractivity contribution in [3.63, 3.8) is 0 Å². The molecule has 4 heterocycles. The van der Waals surface area contributed by atoms with Gasteiger partial charge in [-0.15, -0.1) is 0 Å². The monoisotopic (exact) mass is 1360 g/mol. The Balaban J connectivity index is 1.03. The topological polar surface area (TPSA) is 321 Å². The minimum atomic E-state index is -1.91. The van der Waals surface area contributed by atoms with Crippen molar-refractivity contribution in [3.05, 3.63) is 82.4 Å². The maximum atomic E-state index is 14.4. The lowest BCUT2D eigenvalue weighted by Gasteiger charge is -2.42. The zero-order valence-corrected chi connectivity index (χ0v) is 55.1. The summed E-state index contributed by atoms with van der Waals surface area (Å²) in [5.74, 6) is -2.96. The Labute approximate surface area is 540 Å². The van der Waals surface area contributed by atoms with E-state index >= 15 is 0 Å². The van der Waals surface area contributed by atoms with Crippen LogP contribution in [0.3, 0.4) is 0 Å². The highest BCUT2D eigenvalue weighted by molar-refractivity contribution is 9.09. The van der Waals surface area contributed by atoms with Crippen molar-refractivity contribution in [2.45, 2.75) is 114 Å². The number of anilines is 3. The molecule has 5 N–H and O–H groups in total. The Morgan fingerprint density at radius 3 is 2.44 bits per heavy atom. The average molecular weight is 1360 g/mol. The highest BCUT2D eigenvalue weighted by atomic mass is 79.9. The number of alkyl halides is 1. The number of nitrogens with one attached hydrogen (secondary N) is 4. The van der Waals surface area contributed by atoms with Gasteiger partial charge in [0.2, 0.25) is 23.6 Å². The molecule has 0 saturated carbocycles. The number of fused-ring (bicyclic) bond motifs is 5. The van der Waals surface area contributed by atoms with Gasteiger partial charge in [-0.3, -0.25) is 34.6 Å². The molecule has 0 spiro atoms. The zero-order chi connectivity index (χ0) is 66.0. The number of thioether (sulfide) groups is 1. The van der Waals surface area contributed by atoms with Gasteiger partial charge in [0, 0.05) is 85.9 Å². The number of allylic oxidation sites excluding steroid dienone is 3. The minimum Gasteiger partial charge on any atom is -0.495 e. The summed E-state index contributed by atoms with van der Waals surface area (Å²) in [5.41, 5.74) is -0.535. The number of likely N-dealkylation sites (N-methyl/N-ethyl adjacent to an activating group) is 3. The van der Waals surface area contributed by atoms with Gasteiger partial charge >= 0.3 is 24.2 Å². The number of hydrogen-bond acceptors (Lipinski definition) is 20. The fourth-order valence-corrected chi connectivity index (χ4v) is 11.2.